The molecule has 2 N–H and O–H groups in total. The molecule has 2 amide bonds. The third-order valence-corrected chi connectivity index (χ3v) is 3.96. The molecule has 0 spiro atoms. The molecule has 1 aliphatic rings. The van der Waals surface area contributed by atoms with E-state index in [1.165, 1.54) is 0 Å². The van der Waals surface area contributed by atoms with Crippen LogP contribution in [0.15, 0.2) is 48.8 Å². The highest BCUT2D eigenvalue weighted by Gasteiger charge is 2.22. The second-order valence-electron chi connectivity index (χ2n) is 5.48. The molecule has 0 radical (unpaired) electrons. The topological polar surface area (TPSA) is 68.7 Å². The molecule has 6 heteroatoms. The number of urea groups is 1. The fourth-order valence-electron chi connectivity index (χ4n) is 2.67. The van der Waals surface area contributed by atoms with Gasteiger partial charge in [0, 0.05) is 45.1 Å². The second-order valence-corrected chi connectivity index (χ2v) is 5.48. The van der Waals surface area contributed by atoms with Crippen molar-refractivity contribution in [3.8, 4) is 5.75 Å². The smallest absolute Gasteiger partial charge is 0.317 e. The predicted molar refractivity (Wildman–Crippen MR) is 88.4 cm³/mol. The zero-order chi connectivity index (χ0) is 16.1. The van der Waals surface area contributed by atoms with Gasteiger partial charge >= 0.3 is 6.03 Å². The molecule has 1 saturated heterocycles. The summed E-state index contributed by atoms with van der Waals surface area (Å²) in [6.45, 7) is 3.16. The van der Waals surface area contributed by atoms with Gasteiger partial charge < -0.3 is 20.2 Å². The van der Waals surface area contributed by atoms with E-state index in [-0.39, 0.29) is 11.8 Å². The van der Waals surface area contributed by atoms with Gasteiger partial charge in [0.15, 0.2) is 0 Å². The molecule has 23 heavy (non-hydrogen) atoms. The Morgan fingerprint density at radius 3 is 2.61 bits per heavy atom. The van der Waals surface area contributed by atoms with Gasteiger partial charge in [-0.3, -0.25) is 4.98 Å². The number of nitrogens with one attached hydrogen (secondary N) is 1. The molecule has 2 aromatic rings. The number of carbonyl (C=O) groups is 1. The minimum absolute atomic E-state index is 0.0641. The quantitative estimate of drug-likeness (QED) is 0.907. The summed E-state index contributed by atoms with van der Waals surface area (Å²) in [5.74, 6) is 0.280. The van der Waals surface area contributed by atoms with E-state index in [0.29, 0.717) is 32.7 Å². The third kappa shape index (κ3) is 3.71. The number of pyridine rings is 1. The van der Waals surface area contributed by atoms with E-state index in [1.54, 1.807) is 29.4 Å². The number of amides is 2. The summed E-state index contributed by atoms with van der Waals surface area (Å²) in [5, 5.41) is 12.8. The number of benzene rings is 1. The fourth-order valence-corrected chi connectivity index (χ4v) is 2.67. The van der Waals surface area contributed by atoms with Gasteiger partial charge in [-0.2, -0.15) is 0 Å². The summed E-state index contributed by atoms with van der Waals surface area (Å²) in [4.78, 5) is 20.1. The Kier molecular flexibility index (Phi) is 4.61. The number of nitrogens with zero attached hydrogens (tertiary/aromatic N) is 3. The standard InChI is InChI=1S/C17H20N4O2/c22-16-6-2-1-5-15(16)20-8-10-21(11-9-20)17(23)19-13-14-4-3-7-18-12-14/h1-7,12,22H,8-11,13H2,(H,19,23). The van der Waals surface area contributed by atoms with Crippen molar-refractivity contribution in [2.75, 3.05) is 31.1 Å². The lowest BCUT2D eigenvalue weighted by Crippen LogP contribution is -2.51. The zero-order valence-corrected chi connectivity index (χ0v) is 12.9. The first-order valence-electron chi connectivity index (χ1n) is 7.68. The lowest BCUT2D eigenvalue weighted by atomic mass is 10.2. The zero-order valence-electron chi connectivity index (χ0n) is 12.9. The molecule has 0 saturated carbocycles. The molecular weight excluding hydrogens is 292 g/mol. The maximum atomic E-state index is 12.2. The lowest BCUT2D eigenvalue weighted by Gasteiger charge is -2.36. The molecule has 0 atom stereocenters. The number of para-hydroxylation sites is 2. The van der Waals surface area contributed by atoms with Crippen LogP contribution in [0.2, 0.25) is 0 Å². The molecule has 2 heterocycles. The minimum Gasteiger partial charge on any atom is -0.506 e. The van der Waals surface area contributed by atoms with Gasteiger partial charge in [-0.05, 0) is 23.8 Å². The van der Waals surface area contributed by atoms with E-state index in [9.17, 15) is 9.90 Å². The number of phenols is 1. The van der Waals surface area contributed by atoms with Gasteiger partial charge in [0.25, 0.3) is 0 Å². The lowest BCUT2D eigenvalue weighted by molar-refractivity contribution is 0.194. The summed E-state index contributed by atoms with van der Waals surface area (Å²) in [7, 11) is 0. The van der Waals surface area contributed by atoms with Crippen LogP contribution in [0.4, 0.5) is 10.5 Å². The van der Waals surface area contributed by atoms with Crippen molar-refractivity contribution in [2.45, 2.75) is 6.54 Å². The number of rotatable bonds is 3. The van der Waals surface area contributed by atoms with Crippen LogP contribution < -0.4 is 10.2 Å². The van der Waals surface area contributed by atoms with Crippen molar-refractivity contribution in [1.29, 1.82) is 0 Å². The molecule has 1 aromatic carbocycles. The number of aromatic hydroxyl groups is 1. The summed E-state index contributed by atoms with van der Waals surface area (Å²) in [6, 6.07) is 11.0. The molecular formula is C17H20N4O2. The van der Waals surface area contributed by atoms with Crippen molar-refractivity contribution in [2.24, 2.45) is 0 Å². The van der Waals surface area contributed by atoms with E-state index in [1.807, 2.05) is 24.3 Å². The van der Waals surface area contributed by atoms with Gasteiger partial charge in [-0.25, -0.2) is 4.79 Å². The molecule has 0 bridgehead atoms. The average Bonchev–Trinajstić information content (AvgIpc) is 2.61. The number of hydrogen-bond donors (Lipinski definition) is 2. The van der Waals surface area contributed by atoms with Crippen LogP contribution in [0, 0.1) is 0 Å². The maximum absolute atomic E-state index is 12.2. The van der Waals surface area contributed by atoms with Crippen molar-refractivity contribution in [1.82, 2.24) is 15.2 Å². The fraction of sp³-hybridized carbons (Fsp3) is 0.294. The highest BCUT2D eigenvalue weighted by molar-refractivity contribution is 5.74. The number of phenolic OH excluding ortho intramolecular Hbond substituents is 1. The predicted octanol–water partition coefficient (Wildman–Crippen LogP) is 1.82. The van der Waals surface area contributed by atoms with Gasteiger partial charge in [-0.1, -0.05) is 18.2 Å². The van der Waals surface area contributed by atoms with Crippen molar-refractivity contribution in [3.63, 3.8) is 0 Å². The van der Waals surface area contributed by atoms with Crippen molar-refractivity contribution >= 4 is 11.7 Å². The van der Waals surface area contributed by atoms with Gasteiger partial charge in [0.2, 0.25) is 0 Å². The summed E-state index contributed by atoms with van der Waals surface area (Å²) in [6.07, 6.45) is 3.46. The van der Waals surface area contributed by atoms with E-state index < -0.39 is 0 Å². The van der Waals surface area contributed by atoms with Gasteiger partial charge in [0.1, 0.15) is 5.75 Å². The summed E-state index contributed by atoms with van der Waals surface area (Å²) >= 11 is 0. The molecule has 3 rings (SSSR count). The van der Waals surface area contributed by atoms with Gasteiger partial charge in [0.05, 0.1) is 5.69 Å². The van der Waals surface area contributed by atoms with Crippen molar-refractivity contribution in [3.05, 3.63) is 54.4 Å². The van der Waals surface area contributed by atoms with E-state index in [0.717, 1.165) is 11.3 Å². The third-order valence-electron chi connectivity index (χ3n) is 3.96. The van der Waals surface area contributed by atoms with Gasteiger partial charge in [-0.15, -0.1) is 0 Å². The molecule has 120 valence electrons. The van der Waals surface area contributed by atoms with Crippen LogP contribution >= 0.6 is 0 Å². The number of anilines is 1. The number of hydrogen-bond acceptors (Lipinski definition) is 4. The second kappa shape index (κ2) is 7.00. The Bertz CT molecular complexity index is 655. The van der Waals surface area contributed by atoms with Crippen LogP contribution in [0.25, 0.3) is 0 Å². The summed E-state index contributed by atoms with van der Waals surface area (Å²) in [5.41, 5.74) is 1.80. The van der Waals surface area contributed by atoms with Crippen LogP contribution in [0.3, 0.4) is 0 Å². The molecule has 1 fully saturated rings. The normalized spacial score (nSPS) is 14.6. The van der Waals surface area contributed by atoms with Crippen LogP contribution in [0.1, 0.15) is 5.56 Å². The first-order valence-corrected chi connectivity index (χ1v) is 7.68. The SMILES string of the molecule is O=C(NCc1cccnc1)N1CCN(c2ccccc2O)CC1. The highest BCUT2D eigenvalue weighted by Crippen LogP contribution is 2.27. The van der Waals surface area contributed by atoms with E-state index in [2.05, 4.69) is 15.2 Å². The minimum atomic E-state index is -0.0641. The summed E-state index contributed by atoms with van der Waals surface area (Å²) < 4.78 is 0. The van der Waals surface area contributed by atoms with Crippen LogP contribution in [0.5, 0.6) is 5.75 Å². The molecule has 0 unspecified atom stereocenters. The van der Waals surface area contributed by atoms with E-state index in [4.69, 9.17) is 0 Å². The Labute approximate surface area is 135 Å². The van der Waals surface area contributed by atoms with Crippen LogP contribution in [-0.2, 0) is 6.54 Å². The average molecular weight is 312 g/mol. The Morgan fingerprint density at radius 1 is 1.13 bits per heavy atom. The molecule has 6 nitrogen and oxygen atoms in total. The first kappa shape index (κ1) is 15.1. The number of piperazine rings is 1. The van der Waals surface area contributed by atoms with E-state index >= 15 is 0 Å². The van der Waals surface area contributed by atoms with Crippen molar-refractivity contribution < 1.29 is 9.90 Å². The largest absolute Gasteiger partial charge is 0.506 e. The Hall–Kier alpha value is -2.76. The number of carbonyl (C=O) groups excluding carboxylic acids is 1. The number of aromatic nitrogens is 1. The van der Waals surface area contributed by atoms with Crippen LogP contribution in [-0.4, -0.2) is 47.2 Å². The first-order chi connectivity index (χ1) is 11.2. The monoisotopic (exact) mass is 312 g/mol. The maximum Gasteiger partial charge on any atom is 0.317 e. The molecule has 1 aromatic heterocycles. The Balaban J connectivity index is 1.50. The highest BCUT2D eigenvalue weighted by atomic mass is 16.3. The molecule has 0 aliphatic carbocycles. The Morgan fingerprint density at radius 2 is 1.91 bits per heavy atom. The molecule has 1 aliphatic heterocycles.